The van der Waals surface area contributed by atoms with Crippen LogP contribution in [0, 0.1) is 12.8 Å². The summed E-state index contributed by atoms with van der Waals surface area (Å²) < 4.78 is 19.5. The molecule has 1 N–H and O–H groups in total. The highest BCUT2D eigenvalue weighted by Gasteiger charge is 2.34. The predicted octanol–water partition coefficient (Wildman–Crippen LogP) is 6.16. The molecule has 4 aromatic rings. The van der Waals surface area contributed by atoms with Gasteiger partial charge in [0, 0.05) is 24.2 Å². The van der Waals surface area contributed by atoms with Gasteiger partial charge in [-0.2, -0.15) is 14.6 Å². The molecule has 2 aromatic heterocycles. The summed E-state index contributed by atoms with van der Waals surface area (Å²) in [5.74, 6) is 2.26. The molecule has 0 radical (unpaired) electrons. The number of aromatic nitrogens is 3. The highest BCUT2D eigenvalue weighted by molar-refractivity contribution is 5.68. The minimum absolute atomic E-state index is 0.195. The quantitative estimate of drug-likeness (QED) is 0.240. The number of rotatable bonds is 10. The topological polar surface area (TPSA) is 90.2 Å². The second-order valence-electron chi connectivity index (χ2n) is 9.79. The lowest BCUT2D eigenvalue weighted by Crippen LogP contribution is -2.49. The predicted molar refractivity (Wildman–Crippen MR) is 154 cm³/mol. The van der Waals surface area contributed by atoms with Crippen LogP contribution in [0.15, 0.2) is 79.5 Å². The molecule has 1 aliphatic heterocycles. The summed E-state index contributed by atoms with van der Waals surface area (Å²) in [5.41, 5.74) is 3.30. The number of piperidine rings is 1. The zero-order valence-electron chi connectivity index (χ0n) is 23.0. The SMILES string of the molecule is C=CC[C@@H]1CCN(C(=O)OCc2ccccc2)C[C@H]1Oc1nc2ccnn2c(Nc2ccc(OCC)cc2)c1C. The molecule has 40 heavy (non-hydrogen) atoms. The van der Waals surface area contributed by atoms with Gasteiger partial charge in [0.2, 0.25) is 5.88 Å². The van der Waals surface area contributed by atoms with Crippen molar-refractivity contribution in [2.75, 3.05) is 25.0 Å². The summed E-state index contributed by atoms with van der Waals surface area (Å²) in [5, 5.41) is 7.93. The molecule has 208 valence electrons. The molecule has 1 fully saturated rings. The summed E-state index contributed by atoms with van der Waals surface area (Å²) in [6.07, 6.45) is 4.56. The van der Waals surface area contributed by atoms with Crippen molar-refractivity contribution < 1.29 is 19.0 Å². The van der Waals surface area contributed by atoms with Crippen molar-refractivity contribution >= 4 is 23.2 Å². The number of likely N-dealkylation sites (tertiary alicyclic amines) is 1. The normalized spacial score (nSPS) is 16.9. The maximum Gasteiger partial charge on any atom is 0.410 e. The third-order valence-electron chi connectivity index (χ3n) is 7.05. The van der Waals surface area contributed by atoms with Crippen LogP contribution in [0.4, 0.5) is 16.3 Å². The number of carbonyl (C=O) groups is 1. The van der Waals surface area contributed by atoms with Gasteiger partial charge in [-0.25, -0.2) is 4.79 Å². The van der Waals surface area contributed by atoms with Crippen LogP contribution in [0.3, 0.4) is 0 Å². The van der Waals surface area contributed by atoms with Gasteiger partial charge in [0.05, 0.1) is 24.9 Å². The average Bonchev–Trinajstić information content (AvgIpc) is 3.45. The van der Waals surface area contributed by atoms with Crippen LogP contribution in [0.5, 0.6) is 11.6 Å². The van der Waals surface area contributed by atoms with E-state index in [4.69, 9.17) is 19.2 Å². The van der Waals surface area contributed by atoms with Crippen molar-refractivity contribution in [2.24, 2.45) is 5.92 Å². The monoisotopic (exact) mass is 541 g/mol. The smallest absolute Gasteiger partial charge is 0.410 e. The van der Waals surface area contributed by atoms with Gasteiger partial charge in [-0.1, -0.05) is 36.4 Å². The van der Waals surface area contributed by atoms with Crippen molar-refractivity contribution in [1.29, 1.82) is 0 Å². The molecule has 0 spiro atoms. The van der Waals surface area contributed by atoms with Crippen LogP contribution < -0.4 is 14.8 Å². The van der Waals surface area contributed by atoms with Crippen LogP contribution in [0.1, 0.15) is 30.9 Å². The van der Waals surface area contributed by atoms with Crippen LogP contribution >= 0.6 is 0 Å². The number of hydrogen-bond donors (Lipinski definition) is 1. The molecule has 0 aliphatic carbocycles. The summed E-state index contributed by atoms with van der Waals surface area (Å²) in [6.45, 7) is 9.70. The van der Waals surface area contributed by atoms with Crippen LogP contribution in [0.2, 0.25) is 0 Å². The number of nitrogens with one attached hydrogen (secondary N) is 1. The van der Waals surface area contributed by atoms with E-state index in [1.165, 1.54) is 0 Å². The van der Waals surface area contributed by atoms with E-state index >= 15 is 0 Å². The highest BCUT2D eigenvalue weighted by Crippen LogP contribution is 2.32. The molecule has 2 aromatic carbocycles. The van der Waals surface area contributed by atoms with Crippen molar-refractivity contribution in [3.63, 3.8) is 0 Å². The molecule has 0 saturated carbocycles. The van der Waals surface area contributed by atoms with Crippen molar-refractivity contribution in [2.45, 2.75) is 39.4 Å². The number of ether oxygens (including phenoxy) is 3. The fraction of sp³-hybridized carbons (Fsp3) is 0.323. The van der Waals surface area contributed by atoms with Gasteiger partial charge in [-0.05, 0) is 56.5 Å². The molecular formula is C31H35N5O4. The molecule has 9 heteroatoms. The molecule has 1 saturated heterocycles. The second-order valence-corrected chi connectivity index (χ2v) is 9.79. The van der Waals surface area contributed by atoms with E-state index in [2.05, 4.69) is 17.0 Å². The number of benzene rings is 2. The van der Waals surface area contributed by atoms with E-state index in [9.17, 15) is 4.79 Å². The number of anilines is 2. The average molecular weight is 542 g/mol. The largest absolute Gasteiger partial charge is 0.494 e. The van der Waals surface area contributed by atoms with Gasteiger partial charge in [0.25, 0.3) is 0 Å². The summed E-state index contributed by atoms with van der Waals surface area (Å²) in [7, 11) is 0. The Labute approximate surface area is 234 Å². The van der Waals surface area contributed by atoms with Gasteiger partial charge >= 0.3 is 6.09 Å². The number of amides is 1. The zero-order chi connectivity index (χ0) is 27.9. The lowest BCUT2D eigenvalue weighted by molar-refractivity contribution is 0.0250. The van der Waals surface area contributed by atoms with Gasteiger partial charge in [0.15, 0.2) is 5.65 Å². The van der Waals surface area contributed by atoms with Gasteiger partial charge in [-0.15, -0.1) is 6.58 Å². The number of fused-ring (bicyclic) bond motifs is 1. The summed E-state index contributed by atoms with van der Waals surface area (Å²) >= 11 is 0. The molecule has 3 heterocycles. The maximum absolute atomic E-state index is 12.9. The second kappa shape index (κ2) is 12.5. The molecule has 0 unspecified atom stereocenters. The maximum atomic E-state index is 12.9. The molecule has 0 bridgehead atoms. The zero-order valence-corrected chi connectivity index (χ0v) is 23.0. The first-order valence-corrected chi connectivity index (χ1v) is 13.6. The molecule has 2 atom stereocenters. The standard InChI is InChI=1S/C31H35N5O4/c1-4-9-24-17-19-35(31(37)39-21-23-10-7-6-8-11-23)20-27(24)40-30-22(3)29(36-28(34-30)16-18-32-36)33-25-12-14-26(15-13-25)38-5-2/h4,6-8,10-16,18,24,27,33H,1,5,9,17,19-21H2,2-3H3/t24-,27-/m1/s1. The van der Waals surface area contributed by atoms with Crippen LogP contribution in [-0.4, -0.2) is 51.4 Å². The number of nitrogens with zero attached hydrogens (tertiary/aromatic N) is 4. The molecule has 9 nitrogen and oxygen atoms in total. The highest BCUT2D eigenvalue weighted by atomic mass is 16.6. The lowest BCUT2D eigenvalue weighted by atomic mass is 9.91. The van der Waals surface area contributed by atoms with E-state index < -0.39 is 0 Å². The fourth-order valence-corrected chi connectivity index (χ4v) is 4.90. The Morgan fingerprint density at radius 1 is 1.15 bits per heavy atom. The Morgan fingerprint density at radius 3 is 2.70 bits per heavy atom. The van der Waals surface area contributed by atoms with Crippen molar-refractivity contribution in [1.82, 2.24) is 19.5 Å². The van der Waals surface area contributed by atoms with Gasteiger partial charge in [-0.3, -0.25) is 0 Å². The fourth-order valence-electron chi connectivity index (χ4n) is 4.90. The molecular weight excluding hydrogens is 506 g/mol. The molecule has 5 rings (SSSR count). The van der Waals surface area contributed by atoms with E-state index in [0.717, 1.165) is 41.2 Å². The summed E-state index contributed by atoms with van der Waals surface area (Å²) in [6, 6.07) is 19.3. The van der Waals surface area contributed by atoms with E-state index in [1.54, 1.807) is 15.6 Å². The first kappa shape index (κ1) is 27.1. The van der Waals surface area contributed by atoms with E-state index in [-0.39, 0.29) is 24.7 Å². The number of allylic oxidation sites excluding steroid dienone is 1. The Balaban J connectivity index is 1.35. The van der Waals surface area contributed by atoms with E-state index in [1.807, 2.05) is 80.6 Å². The molecule has 1 amide bonds. The lowest BCUT2D eigenvalue weighted by Gasteiger charge is -2.37. The van der Waals surface area contributed by atoms with Crippen LogP contribution in [-0.2, 0) is 11.3 Å². The van der Waals surface area contributed by atoms with Gasteiger partial charge < -0.3 is 24.4 Å². The Kier molecular flexibility index (Phi) is 8.49. The van der Waals surface area contributed by atoms with Crippen molar-refractivity contribution in [3.8, 4) is 11.6 Å². The summed E-state index contributed by atoms with van der Waals surface area (Å²) in [4.78, 5) is 19.4. The molecule has 1 aliphatic rings. The Bertz CT molecular complexity index is 1440. The minimum Gasteiger partial charge on any atom is -0.494 e. The third kappa shape index (κ3) is 6.20. The van der Waals surface area contributed by atoms with E-state index in [0.29, 0.717) is 31.2 Å². The van der Waals surface area contributed by atoms with Gasteiger partial charge in [0.1, 0.15) is 24.3 Å². The minimum atomic E-state index is -0.344. The first-order chi connectivity index (χ1) is 19.6. The Morgan fingerprint density at radius 2 is 1.95 bits per heavy atom. The Hall–Kier alpha value is -4.53. The third-order valence-corrected chi connectivity index (χ3v) is 7.05. The number of hydrogen-bond acceptors (Lipinski definition) is 7. The van der Waals surface area contributed by atoms with Crippen LogP contribution in [0.25, 0.3) is 5.65 Å². The number of carbonyl (C=O) groups excluding carboxylic acids is 1. The van der Waals surface area contributed by atoms with Crippen molar-refractivity contribution in [3.05, 3.63) is 90.6 Å². The first-order valence-electron chi connectivity index (χ1n) is 13.6.